The van der Waals surface area contributed by atoms with Gasteiger partial charge in [-0.25, -0.2) is 0 Å². The quantitative estimate of drug-likeness (QED) is 0.700. The molecule has 0 saturated carbocycles. The molecule has 0 aliphatic heterocycles. The minimum Gasteiger partial charge on any atom is -0.192 e. The van der Waals surface area contributed by atoms with Gasteiger partial charge in [0, 0.05) is 10.6 Å². The first kappa shape index (κ1) is 13.6. The molecule has 2 aromatic rings. The van der Waals surface area contributed by atoms with E-state index in [0.29, 0.717) is 5.56 Å². The summed E-state index contributed by atoms with van der Waals surface area (Å²) in [6, 6.07) is 15.7. The lowest BCUT2D eigenvalue weighted by Crippen LogP contribution is -2.12. The van der Waals surface area contributed by atoms with E-state index in [2.05, 4.69) is 32.9 Å². The molecule has 2 aromatic carbocycles. The molecule has 0 radical (unpaired) electrons. The number of nitriles is 1. The first-order chi connectivity index (χ1) is 8.93. The van der Waals surface area contributed by atoms with E-state index in [4.69, 9.17) is 16.9 Å². The molecule has 0 atom stereocenters. The Morgan fingerprint density at radius 1 is 1.00 bits per heavy atom. The Bertz CT molecular complexity index is 628. The minimum absolute atomic E-state index is 0.0220. The number of nitrogens with zero attached hydrogens (tertiary/aromatic N) is 1. The van der Waals surface area contributed by atoms with E-state index in [1.54, 1.807) is 0 Å². The third-order valence-electron chi connectivity index (χ3n) is 3.12. The lowest BCUT2D eigenvalue weighted by atomic mass is 9.82. The van der Waals surface area contributed by atoms with Crippen LogP contribution in [-0.4, -0.2) is 0 Å². The van der Waals surface area contributed by atoms with Crippen molar-refractivity contribution in [3.63, 3.8) is 0 Å². The summed E-state index contributed by atoms with van der Waals surface area (Å²) >= 11 is 6.38. The molecule has 0 N–H and O–H groups in total. The predicted molar refractivity (Wildman–Crippen MR) is 80.3 cm³/mol. The number of benzene rings is 2. The van der Waals surface area contributed by atoms with Crippen LogP contribution in [0, 0.1) is 11.3 Å². The highest BCUT2D eigenvalue weighted by atomic mass is 35.5. The van der Waals surface area contributed by atoms with Crippen LogP contribution >= 0.6 is 11.6 Å². The zero-order valence-electron chi connectivity index (χ0n) is 11.4. The van der Waals surface area contributed by atoms with Gasteiger partial charge in [0.05, 0.1) is 11.6 Å². The van der Waals surface area contributed by atoms with E-state index in [-0.39, 0.29) is 5.41 Å². The van der Waals surface area contributed by atoms with Crippen LogP contribution in [0.2, 0.25) is 5.02 Å². The van der Waals surface area contributed by atoms with Crippen LogP contribution in [0.5, 0.6) is 0 Å². The molecule has 0 aliphatic carbocycles. The van der Waals surface area contributed by atoms with Crippen LogP contribution in [0.3, 0.4) is 0 Å². The molecule has 0 aliphatic rings. The molecule has 0 heterocycles. The molecule has 2 rings (SSSR count). The molecular weight excluding hydrogens is 254 g/mol. The van der Waals surface area contributed by atoms with Gasteiger partial charge in [0.2, 0.25) is 0 Å². The maximum atomic E-state index is 8.86. The normalized spacial score (nSPS) is 11.1. The van der Waals surface area contributed by atoms with Gasteiger partial charge in [0.15, 0.2) is 0 Å². The van der Waals surface area contributed by atoms with E-state index >= 15 is 0 Å². The van der Waals surface area contributed by atoms with Gasteiger partial charge in [-0.15, -0.1) is 0 Å². The fourth-order valence-corrected chi connectivity index (χ4v) is 2.44. The van der Waals surface area contributed by atoms with Crippen molar-refractivity contribution < 1.29 is 0 Å². The van der Waals surface area contributed by atoms with Crippen LogP contribution in [0.15, 0.2) is 42.5 Å². The molecule has 2 heteroatoms. The predicted octanol–water partition coefficient (Wildman–Crippen LogP) is 5.18. The fourth-order valence-electron chi connectivity index (χ4n) is 2.15. The van der Waals surface area contributed by atoms with Crippen LogP contribution in [-0.2, 0) is 5.41 Å². The average Bonchev–Trinajstić information content (AvgIpc) is 2.37. The van der Waals surface area contributed by atoms with Crippen molar-refractivity contribution in [2.24, 2.45) is 0 Å². The number of hydrogen-bond acceptors (Lipinski definition) is 1. The Balaban J connectivity index is 2.64. The third kappa shape index (κ3) is 2.80. The number of halogens is 1. The van der Waals surface area contributed by atoms with Crippen molar-refractivity contribution in [2.45, 2.75) is 26.2 Å². The minimum atomic E-state index is 0.0220. The van der Waals surface area contributed by atoms with Crippen LogP contribution in [0.4, 0.5) is 0 Å². The van der Waals surface area contributed by atoms with Crippen LogP contribution in [0.1, 0.15) is 31.9 Å². The second-order valence-corrected chi connectivity index (χ2v) is 6.01. The summed E-state index contributed by atoms with van der Waals surface area (Å²) in [5, 5.41) is 9.61. The van der Waals surface area contributed by atoms with E-state index < -0.39 is 0 Å². The topological polar surface area (TPSA) is 23.8 Å². The van der Waals surface area contributed by atoms with Crippen molar-refractivity contribution in [1.29, 1.82) is 5.26 Å². The Hall–Kier alpha value is -1.78. The second kappa shape index (κ2) is 5.07. The van der Waals surface area contributed by atoms with Gasteiger partial charge < -0.3 is 0 Å². The Morgan fingerprint density at radius 3 is 2.16 bits per heavy atom. The summed E-state index contributed by atoms with van der Waals surface area (Å²) in [6.07, 6.45) is 0. The van der Waals surface area contributed by atoms with Gasteiger partial charge in [-0.3, -0.25) is 0 Å². The second-order valence-electron chi connectivity index (χ2n) is 5.60. The van der Waals surface area contributed by atoms with E-state index in [1.165, 1.54) is 5.56 Å². The van der Waals surface area contributed by atoms with Gasteiger partial charge in [-0.05, 0) is 34.7 Å². The van der Waals surface area contributed by atoms with Gasteiger partial charge in [0.1, 0.15) is 0 Å². The highest BCUT2D eigenvalue weighted by Gasteiger charge is 2.20. The SMILES string of the molecule is CC(C)(C)c1cccc(Cl)c1-c1ccc(C#N)cc1. The molecule has 1 nitrogen and oxygen atoms in total. The van der Waals surface area contributed by atoms with Crippen molar-refractivity contribution in [3.8, 4) is 17.2 Å². The standard InChI is InChI=1S/C17H16ClN/c1-17(2,3)14-5-4-6-15(18)16(14)13-9-7-12(11-19)8-10-13/h4-10H,1-3H3. The molecule has 0 amide bonds. The van der Waals surface area contributed by atoms with Gasteiger partial charge in [-0.2, -0.15) is 5.26 Å². The van der Waals surface area contributed by atoms with E-state index in [1.807, 2.05) is 36.4 Å². The number of rotatable bonds is 1. The lowest BCUT2D eigenvalue weighted by Gasteiger charge is -2.24. The smallest absolute Gasteiger partial charge is 0.0991 e. The summed E-state index contributed by atoms with van der Waals surface area (Å²) in [5.41, 5.74) is 4.00. The van der Waals surface area contributed by atoms with E-state index in [9.17, 15) is 0 Å². The molecular formula is C17H16ClN. The van der Waals surface area contributed by atoms with Crippen LogP contribution in [0.25, 0.3) is 11.1 Å². The summed E-state index contributed by atoms with van der Waals surface area (Å²) in [6.45, 7) is 6.52. The lowest BCUT2D eigenvalue weighted by molar-refractivity contribution is 0.592. The number of hydrogen-bond donors (Lipinski definition) is 0. The summed E-state index contributed by atoms with van der Waals surface area (Å²) < 4.78 is 0. The summed E-state index contributed by atoms with van der Waals surface area (Å²) in [7, 11) is 0. The maximum Gasteiger partial charge on any atom is 0.0991 e. The Labute approximate surface area is 119 Å². The summed E-state index contributed by atoms with van der Waals surface area (Å²) in [5.74, 6) is 0. The van der Waals surface area contributed by atoms with Gasteiger partial charge in [0.25, 0.3) is 0 Å². The molecule has 96 valence electrons. The third-order valence-corrected chi connectivity index (χ3v) is 3.44. The van der Waals surface area contributed by atoms with Gasteiger partial charge >= 0.3 is 0 Å². The Kier molecular flexibility index (Phi) is 3.64. The molecule has 0 saturated heterocycles. The van der Waals surface area contributed by atoms with Crippen molar-refractivity contribution in [2.75, 3.05) is 0 Å². The monoisotopic (exact) mass is 269 g/mol. The first-order valence-electron chi connectivity index (χ1n) is 6.23. The van der Waals surface area contributed by atoms with Crippen molar-refractivity contribution in [3.05, 3.63) is 58.6 Å². The summed E-state index contributed by atoms with van der Waals surface area (Å²) in [4.78, 5) is 0. The first-order valence-corrected chi connectivity index (χ1v) is 6.61. The van der Waals surface area contributed by atoms with Gasteiger partial charge in [-0.1, -0.05) is 56.6 Å². The van der Waals surface area contributed by atoms with Crippen molar-refractivity contribution in [1.82, 2.24) is 0 Å². The Morgan fingerprint density at radius 2 is 1.63 bits per heavy atom. The highest BCUT2D eigenvalue weighted by molar-refractivity contribution is 6.33. The van der Waals surface area contributed by atoms with Crippen LogP contribution < -0.4 is 0 Å². The fraction of sp³-hybridized carbons (Fsp3) is 0.235. The molecule has 0 aromatic heterocycles. The molecule has 0 unspecified atom stereocenters. The molecule has 0 bridgehead atoms. The maximum absolute atomic E-state index is 8.86. The largest absolute Gasteiger partial charge is 0.192 e. The van der Waals surface area contributed by atoms with Crippen molar-refractivity contribution >= 4 is 11.6 Å². The molecule has 0 spiro atoms. The molecule has 19 heavy (non-hydrogen) atoms. The molecule has 0 fully saturated rings. The highest BCUT2D eigenvalue weighted by Crippen LogP contribution is 2.37. The van der Waals surface area contributed by atoms with E-state index in [0.717, 1.165) is 16.1 Å². The zero-order valence-corrected chi connectivity index (χ0v) is 12.1. The average molecular weight is 270 g/mol. The zero-order chi connectivity index (χ0) is 14.0.